The van der Waals surface area contributed by atoms with Gasteiger partial charge in [0.1, 0.15) is 5.76 Å². The summed E-state index contributed by atoms with van der Waals surface area (Å²) in [6.07, 6.45) is 2.53. The minimum atomic E-state index is -2.56. The van der Waals surface area contributed by atoms with E-state index in [2.05, 4.69) is 34.3 Å². The Morgan fingerprint density at radius 1 is 1.03 bits per heavy atom. The SMILES string of the molecule is C=C(c1ccc(C(O)=C2CCC2)cc1)c1cc(C(C)(C)C)c(C2(C)CC2)cc1C(F)F. The minimum Gasteiger partial charge on any atom is -0.507 e. The molecular weight excluding hydrogens is 390 g/mol. The predicted octanol–water partition coefficient (Wildman–Crippen LogP) is 8.49. The van der Waals surface area contributed by atoms with Crippen LogP contribution in [-0.4, -0.2) is 5.11 Å². The maximum atomic E-state index is 14.1. The summed E-state index contributed by atoms with van der Waals surface area (Å²) >= 11 is 0. The Morgan fingerprint density at radius 3 is 2.06 bits per heavy atom. The predicted molar refractivity (Wildman–Crippen MR) is 125 cm³/mol. The molecule has 0 radical (unpaired) electrons. The molecular formula is C28H32F2O. The second-order valence-corrected chi connectivity index (χ2v) is 10.5. The van der Waals surface area contributed by atoms with E-state index in [1.807, 2.05) is 30.3 Å². The first kappa shape index (κ1) is 21.8. The van der Waals surface area contributed by atoms with Crippen LogP contribution in [0.4, 0.5) is 8.78 Å². The average Bonchev–Trinajstić information content (AvgIpc) is 3.43. The second-order valence-electron chi connectivity index (χ2n) is 10.5. The molecule has 4 rings (SSSR count). The van der Waals surface area contributed by atoms with Crippen LogP contribution in [0, 0.1) is 0 Å². The number of halogens is 2. The van der Waals surface area contributed by atoms with E-state index < -0.39 is 6.43 Å². The molecule has 2 saturated carbocycles. The lowest BCUT2D eigenvalue weighted by atomic mass is 9.76. The van der Waals surface area contributed by atoms with Crippen LogP contribution in [-0.2, 0) is 10.8 Å². The number of aliphatic hydroxyl groups excluding tert-OH is 1. The fraction of sp³-hybridized carbons (Fsp3) is 0.429. The van der Waals surface area contributed by atoms with Crippen LogP contribution in [0.2, 0.25) is 0 Å². The molecule has 1 N–H and O–H groups in total. The molecule has 2 aromatic rings. The molecule has 0 heterocycles. The van der Waals surface area contributed by atoms with E-state index >= 15 is 0 Å². The van der Waals surface area contributed by atoms with E-state index in [0.29, 0.717) is 16.9 Å². The molecule has 0 spiro atoms. The number of benzene rings is 2. The Balaban J connectivity index is 1.77. The van der Waals surface area contributed by atoms with E-state index in [4.69, 9.17) is 0 Å². The number of hydrogen-bond acceptors (Lipinski definition) is 1. The van der Waals surface area contributed by atoms with Gasteiger partial charge in [0.15, 0.2) is 0 Å². The first-order chi connectivity index (χ1) is 14.5. The Hall–Kier alpha value is -2.42. The van der Waals surface area contributed by atoms with Crippen molar-refractivity contribution in [2.24, 2.45) is 0 Å². The molecule has 31 heavy (non-hydrogen) atoms. The van der Waals surface area contributed by atoms with Crippen LogP contribution in [0.15, 0.2) is 48.6 Å². The maximum Gasteiger partial charge on any atom is 0.264 e. The fourth-order valence-corrected chi connectivity index (χ4v) is 4.41. The topological polar surface area (TPSA) is 20.2 Å². The summed E-state index contributed by atoms with van der Waals surface area (Å²) in [5.74, 6) is 0.355. The lowest BCUT2D eigenvalue weighted by molar-refractivity contribution is 0.151. The highest BCUT2D eigenvalue weighted by atomic mass is 19.3. The summed E-state index contributed by atoms with van der Waals surface area (Å²) in [6, 6.07) is 11.1. The number of alkyl halides is 2. The third-order valence-corrected chi connectivity index (χ3v) is 7.01. The number of hydrogen-bond donors (Lipinski definition) is 1. The summed E-state index contributed by atoms with van der Waals surface area (Å²) in [5, 5.41) is 10.4. The van der Waals surface area contributed by atoms with Crippen molar-refractivity contribution in [3.8, 4) is 0 Å². The van der Waals surface area contributed by atoms with E-state index in [9.17, 15) is 13.9 Å². The largest absolute Gasteiger partial charge is 0.507 e. The van der Waals surface area contributed by atoms with Crippen LogP contribution in [0.1, 0.15) is 99.6 Å². The lowest BCUT2D eigenvalue weighted by Gasteiger charge is -2.29. The van der Waals surface area contributed by atoms with E-state index in [1.165, 1.54) is 0 Å². The molecule has 0 aliphatic heterocycles. The highest BCUT2D eigenvalue weighted by Crippen LogP contribution is 2.52. The molecule has 2 fully saturated rings. The first-order valence-corrected chi connectivity index (χ1v) is 11.2. The molecule has 0 atom stereocenters. The monoisotopic (exact) mass is 422 g/mol. The van der Waals surface area contributed by atoms with Gasteiger partial charge in [0, 0.05) is 11.1 Å². The molecule has 2 aromatic carbocycles. The Morgan fingerprint density at radius 2 is 1.61 bits per heavy atom. The molecule has 164 valence electrons. The van der Waals surface area contributed by atoms with Gasteiger partial charge >= 0.3 is 0 Å². The standard InChI is InChI=1S/C28H32F2O/c1-17(18-9-11-20(12-10-18)25(31)19-7-6-8-19)21-15-23(27(2,3)4)24(28(5)13-14-28)16-22(21)26(29)30/h9-12,15-16,26,31H,1,6-8,13-14H2,2-5H3. The quantitative estimate of drug-likeness (QED) is 0.479. The van der Waals surface area contributed by atoms with Crippen molar-refractivity contribution in [3.63, 3.8) is 0 Å². The van der Waals surface area contributed by atoms with Crippen LogP contribution in [0.25, 0.3) is 11.3 Å². The van der Waals surface area contributed by atoms with Gasteiger partial charge in [-0.05, 0) is 88.5 Å². The van der Waals surface area contributed by atoms with Gasteiger partial charge in [-0.2, -0.15) is 0 Å². The fourth-order valence-electron chi connectivity index (χ4n) is 4.41. The van der Waals surface area contributed by atoms with Gasteiger partial charge in [-0.1, -0.05) is 58.5 Å². The Kier molecular flexibility index (Phi) is 5.36. The lowest BCUT2D eigenvalue weighted by Crippen LogP contribution is -2.19. The Bertz CT molecular complexity index is 1040. The van der Waals surface area contributed by atoms with Gasteiger partial charge < -0.3 is 5.11 Å². The van der Waals surface area contributed by atoms with Crippen molar-refractivity contribution in [1.82, 2.24) is 0 Å². The molecule has 0 bridgehead atoms. The van der Waals surface area contributed by atoms with E-state index in [1.54, 1.807) is 6.07 Å². The summed E-state index contributed by atoms with van der Waals surface area (Å²) in [7, 11) is 0. The molecule has 0 saturated heterocycles. The van der Waals surface area contributed by atoms with Gasteiger partial charge in [-0.3, -0.25) is 0 Å². The van der Waals surface area contributed by atoms with Gasteiger partial charge in [0.25, 0.3) is 6.43 Å². The molecule has 3 heteroatoms. The van der Waals surface area contributed by atoms with Crippen molar-refractivity contribution < 1.29 is 13.9 Å². The van der Waals surface area contributed by atoms with Crippen molar-refractivity contribution in [3.05, 3.63) is 81.9 Å². The Labute approximate surface area is 184 Å². The van der Waals surface area contributed by atoms with Gasteiger partial charge in [0.05, 0.1) is 0 Å². The zero-order valence-corrected chi connectivity index (χ0v) is 19.0. The van der Waals surface area contributed by atoms with Gasteiger partial charge in [-0.25, -0.2) is 8.78 Å². The van der Waals surface area contributed by atoms with Crippen LogP contribution in [0.3, 0.4) is 0 Å². The zero-order chi connectivity index (χ0) is 22.6. The maximum absolute atomic E-state index is 14.1. The summed E-state index contributed by atoms with van der Waals surface area (Å²) < 4.78 is 28.3. The number of aliphatic hydroxyl groups is 1. The summed E-state index contributed by atoms with van der Waals surface area (Å²) in [4.78, 5) is 0. The molecule has 2 aliphatic rings. The van der Waals surface area contributed by atoms with Crippen molar-refractivity contribution in [2.75, 3.05) is 0 Å². The van der Waals surface area contributed by atoms with Crippen molar-refractivity contribution in [1.29, 1.82) is 0 Å². The second kappa shape index (κ2) is 7.62. The highest BCUT2D eigenvalue weighted by molar-refractivity contribution is 5.81. The third-order valence-electron chi connectivity index (χ3n) is 7.01. The van der Waals surface area contributed by atoms with Crippen LogP contribution >= 0.6 is 0 Å². The van der Waals surface area contributed by atoms with Crippen molar-refractivity contribution in [2.45, 2.75) is 77.1 Å². The molecule has 2 aliphatic carbocycles. The highest BCUT2D eigenvalue weighted by Gasteiger charge is 2.43. The minimum absolute atomic E-state index is 0.000315. The van der Waals surface area contributed by atoms with Crippen molar-refractivity contribution >= 4 is 11.3 Å². The van der Waals surface area contributed by atoms with Gasteiger partial charge in [0.2, 0.25) is 0 Å². The molecule has 1 nitrogen and oxygen atoms in total. The molecule has 0 unspecified atom stereocenters. The van der Waals surface area contributed by atoms with Crippen LogP contribution in [0.5, 0.6) is 0 Å². The van der Waals surface area contributed by atoms with Crippen LogP contribution < -0.4 is 0 Å². The van der Waals surface area contributed by atoms with E-state index in [0.717, 1.165) is 59.9 Å². The smallest absolute Gasteiger partial charge is 0.264 e. The summed E-state index contributed by atoms with van der Waals surface area (Å²) in [6.45, 7) is 12.8. The van der Waals surface area contributed by atoms with Gasteiger partial charge in [-0.15, -0.1) is 0 Å². The normalized spacial score (nSPS) is 17.5. The van der Waals surface area contributed by atoms with E-state index in [-0.39, 0.29) is 16.4 Å². The zero-order valence-electron chi connectivity index (χ0n) is 19.0. The average molecular weight is 423 g/mol. The third kappa shape index (κ3) is 4.07. The molecule has 0 aromatic heterocycles. The number of allylic oxidation sites excluding steroid dienone is 1. The first-order valence-electron chi connectivity index (χ1n) is 11.2. The molecule has 0 amide bonds. The number of rotatable bonds is 5. The summed E-state index contributed by atoms with van der Waals surface area (Å²) in [5.41, 5.74) is 5.85.